The number of allylic oxidation sites excluding steroid dienone is 5. The number of fused-ring (bicyclic) bond motifs is 1. The molecule has 0 amide bonds. The molecule has 1 aromatic carbocycles. The van der Waals surface area contributed by atoms with Crippen molar-refractivity contribution in [2.24, 2.45) is 5.92 Å². The molecule has 0 bridgehead atoms. The summed E-state index contributed by atoms with van der Waals surface area (Å²) in [6.07, 6.45) is 23.0. The van der Waals surface area contributed by atoms with Crippen LogP contribution in [-0.4, -0.2) is 36.0 Å². The summed E-state index contributed by atoms with van der Waals surface area (Å²) >= 11 is 0. The number of rotatable bonds is 5. The first-order valence-electron chi connectivity index (χ1n) is 14.0. The average Bonchev–Trinajstić information content (AvgIpc) is 3.44. The molecule has 5 aliphatic rings. The Hall–Kier alpha value is -2.38. The molecule has 0 aromatic heterocycles. The van der Waals surface area contributed by atoms with E-state index in [1.165, 1.54) is 16.7 Å². The summed E-state index contributed by atoms with van der Waals surface area (Å²) in [5.41, 5.74) is 6.70. The van der Waals surface area contributed by atoms with Crippen LogP contribution < -0.4 is 10.7 Å². The van der Waals surface area contributed by atoms with Crippen LogP contribution in [-0.2, 0) is 14.8 Å². The normalized spacial score (nSPS) is 30.6. The lowest BCUT2D eigenvalue weighted by atomic mass is 9.63. The van der Waals surface area contributed by atoms with Gasteiger partial charge in [-0.2, -0.15) is 0 Å². The van der Waals surface area contributed by atoms with Crippen LogP contribution in [0, 0.1) is 5.92 Å². The molecule has 2 aliphatic carbocycles. The molecule has 3 heterocycles. The predicted octanol–water partition coefficient (Wildman–Crippen LogP) is 5.78. The fourth-order valence-electron chi connectivity index (χ4n) is 6.58. The van der Waals surface area contributed by atoms with E-state index in [-0.39, 0.29) is 36.2 Å². The molecule has 37 heavy (non-hydrogen) atoms. The van der Waals surface area contributed by atoms with Crippen LogP contribution in [0.4, 0.5) is 0 Å². The standard InChI is InChI=1S/C31H40BN3O2/c1-29(2)30(3,4)37-32(36-29)27-20-21-33-28-26(27)22-34-35(28)31(23-14-8-5-9-15-23,24-16-10-6-11-17-24)25-18-12-7-13-19-25/h5,8-10,12,14-21,26-28,33-34H,6-7,11,13,22H2,1-4H3. The number of hydrazine groups is 1. The van der Waals surface area contributed by atoms with Gasteiger partial charge in [-0.1, -0.05) is 72.9 Å². The lowest BCUT2D eigenvalue weighted by molar-refractivity contribution is 0.00578. The largest absolute Gasteiger partial charge is 0.465 e. The zero-order chi connectivity index (χ0) is 25.7. The Morgan fingerprint density at radius 2 is 1.51 bits per heavy atom. The van der Waals surface area contributed by atoms with Gasteiger partial charge in [-0.3, -0.25) is 5.43 Å². The Bertz CT molecular complexity index is 1120. The summed E-state index contributed by atoms with van der Waals surface area (Å²) in [7, 11) is -0.272. The lowest BCUT2D eigenvalue weighted by Crippen LogP contribution is -2.60. The molecule has 2 saturated heterocycles. The van der Waals surface area contributed by atoms with Crippen molar-refractivity contribution >= 4 is 7.12 Å². The van der Waals surface area contributed by atoms with Crippen molar-refractivity contribution in [3.63, 3.8) is 0 Å². The highest BCUT2D eigenvalue weighted by molar-refractivity contribution is 6.48. The van der Waals surface area contributed by atoms with E-state index >= 15 is 0 Å². The van der Waals surface area contributed by atoms with Crippen molar-refractivity contribution < 1.29 is 9.31 Å². The fraction of sp³-hybridized carbons (Fsp3) is 0.484. The highest BCUT2D eigenvalue weighted by atomic mass is 16.7. The van der Waals surface area contributed by atoms with E-state index in [0.29, 0.717) is 0 Å². The minimum atomic E-state index is -0.451. The zero-order valence-corrected chi connectivity index (χ0v) is 22.6. The van der Waals surface area contributed by atoms with Gasteiger partial charge < -0.3 is 14.6 Å². The molecule has 0 radical (unpaired) electrons. The van der Waals surface area contributed by atoms with Gasteiger partial charge >= 0.3 is 7.12 Å². The van der Waals surface area contributed by atoms with Crippen LogP contribution in [0.25, 0.3) is 0 Å². The second kappa shape index (κ2) is 9.42. The molecular weight excluding hydrogens is 457 g/mol. The Labute approximate surface area is 222 Å². The van der Waals surface area contributed by atoms with Crippen molar-refractivity contribution in [2.45, 2.75) is 82.1 Å². The molecule has 2 N–H and O–H groups in total. The SMILES string of the molecule is CC1(C)OB(C2C=CNC3C2CNN3C(C2=CCCC=C2)(C2=CCCC=C2)c2ccccc2)OC1(C)C. The van der Waals surface area contributed by atoms with E-state index in [0.717, 1.165) is 32.2 Å². The van der Waals surface area contributed by atoms with Gasteiger partial charge in [0.05, 0.1) is 17.4 Å². The van der Waals surface area contributed by atoms with E-state index in [1.54, 1.807) is 0 Å². The van der Waals surface area contributed by atoms with E-state index in [4.69, 9.17) is 9.31 Å². The smallest absolute Gasteiger partial charge is 0.403 e. The Morgan fingerprint density at radius 3 is 2.08 bits per heavy atom. The molecule has 3 aliphatic heterocycles. The summed E-state index contributed by atoms with van der Waals surface area (Å²) in [6.45, 7) is 9.40. The van der Waals surface area contributed by atoms with Gasteiger partial charge in [-0.05, 0) is 76.3 Å². The third-order valence-corrected chi connectivity index (χ3v) is 9.23. The number of benzene rings is 1. The summed E-state index contributed by atoms with van der Waals surface area (Å²) in [4.78, 5) is 0. The zero-order valence-electron chi connectivity index (χ0n) is 22.6. The monoisotopic (exact) mass is 497 g/mol. The average molecular weight is 497 g/mol. The molecule has 0 spiro atoms. The fourth-order valence-corrected chi connectivity index (χ4v) is 6.58. The first-order valence-corrected chi connectivity index (χ1v) is 14.0. The molecule has 2 fully saturated rings. The maximum atomic E-state index is 6.56. The molecule has 3 atom stereocenters. The quantitative estimate of drug-likeness (QED) is 0.506. The summed E-state index contributed by atoms with van der Waals surface area (Å²) < 4.78 is 13.1. The predicted molar refractivity (Wildman–Crippen MR) is 150 cm³/mol. The van der Waals surface area contributed by atoms with Crippen LogP contribution in [0.2, 0.25) is 5.82 Å². The topological polar surface area (TPSA) is 45.8 Å². The van der Waals surface area contributed by atoms with Gasteiger partial charge in [0, 0.05) is 18.3 Å². The number of nitrogens with one attached hydrogen (secondary N) is 2. The number of hydrogen-bond donors (Lipinski definition) is 2. The lowest BCUT2D eigenvalue weighted by Gasteiger charge is -2.49. The van der Waals surface area contributed by atoms with Gasteiger partial charge in [-0.25, -0.2) is 5.01 Å². The van der Waals surface area contributed by atoms with Crippen LogP contribution in [0.5, 0.6) is 0 Å². The second-order valence-electron chi connectivity index (χ2n) is 11.9. The Kier molecular flexibility index (Phi) is 6.35. The molecule has 194 valence electrons. The molecule has 6 rings (SSSR count). The first-order chi connectivity index (χ1) is 17.8. The minimum absolute atomic E-state index is 0.0710. The van der Waals surface area contributed by atoms with Crippen molar-refractivity contribution in [3.05, 3.63) is 95.8 Å². The molecule has 3 unspecified atom stereocenters. The Morgan fingerprint density at radius 1 is 0.892 bits per heavy atom. The highest BCUT2D eigenvalue weighted by Crippen LogP contribution is 2.51. The van der Waals surface area contributed by atoms with Gasteiger partial charge in [0.15, 0.2) is 0 Å². The minimum Gasteiger partial charge on any atom is -0.403 e. The second-order valence-corrected chi connectivity index (χ2v) is 11.9. The highest BCUT2D eigenvalue weighted by Gasteiger charge is 2.59. The van der Waals surface area contributed by atoms with E-state index < -0.39 is 5.54 Å². The van der Waals surface area contributed by atoms with E-state index in [2.05, 4.69) is 123 Å². The summed E-state index contributed by atoms with van der Waals surface area (Å²) in [6, 6.07) is 11.0. The third kappa shape index (κ3) is 4.01. The van der Waals surface area contributed by atoms with Crippen LogP contribution >= 0.6 is 0 Å². The van der Waals surface area contributed by atoms with Crippen LogP contribution in [0.15, 0.2) is 90.2 Å². The number of hydrogen-bond acceptors (Lipinski definition) is 5. The van der Waals surface area contributed by atoms with Gasteiger partial charge in [0.25, 0.3) is 0 Å². The summed E-state index contributed by atoms with van der Waals surface area (Å²) in [5.74, 6) is 0.425. The molecule has 0 saturated carbocycles. The maximum Gasteiger partial charge on any atom is 0.465 e. The van der Waals surface area contributed by atoms with Crippen molar-refractivity contribution in [2.75, 3.05) is 6.54 Å². The van der Waals surface area contributed by atoms with E-state index in [9.17, 15) is 0 Å². The summed E-state index contributed by atoms with van der Waals surface area (Å²) in [5, 5.41) is 6.25. The van der Waals surface area contributed by atoms with Gasteiger partial charge in [0.2, 0.25) is 0 Å². The van der Waals surface area contributed by atoms with E-state index in [1.807, 2.05) is 0 Å². The molecule has 6 heteroatoms. The van der Waals surface area contributed by atoms with Gasteiger partial charge in [-0.15, -0.1) is 0 Å². The van der Waals surface area contributed by atoms with Crippen molar-refractivity contribution in [1.82, 2.24) is 15.8 Å². The maximum absolute atomic E-state index is 6.56. The third-order valence-electron chi connectivity index (χ3n) is 9.23. The first kappa shape index (κ1) is 24.9. The number of nitrogens with zero attached hydrogens (tertiary/aromatic N) is 1. The Balaban J connectivity index is 1.44. The molecule has 1 aromatic rings. The van der Waals surface area contributed by atoms with Gasteiger partial charge in [0.1, 0.15) is 5.54 Å². The van der Waals surface area contributed by atoms with Crippen molar-refractivity contribution in [1.29, 1.82) is 0 Å². The van der Waals surface area contributed by atoms with Crippen LogP contribution in [0.1, 0.15) is 58.9 Å². The molecular formula is C31H40BN3O2. The van der Waals surface area contributed by atoms with Crippen molar-refractivity contribution in [3.8, 4) is 0 Å². The van der Waals surface area contributed by atoms with Crippen LogP contribution in [0.3, 0.4) is 0 Å². The molecule has 5 nitrogen and oxygen atoms in total.